The molecular formula is C34H27NO4. The first-order valence-corrected chi connectivity index (χ1v) is 12.6. The summed E-state index contributed by atoms with van der Waals surface area (Å²) in [6, 6.07) is 41.5. The van der Waals surface area contributed by atoms with Crippen LogP contribution in [0.4, 0.5) is 5.69 Å². The Bertz CT molecular complexity index is 1530. The van der Waals surface area contributed by atoms with Crippen molar-refractivity contribution >= 4 is 17.6 Å². The Hall–Kier alpha value is -5.16. The predicted molar refractivity (Wildman–Crippen MR) is 153 cm³/mol. The Balaban J connectivity index is 1.37. The van der Waals surface area contributed by atoms with Crippen LogP contribution in [0.3, 0.4) is 0 Å². The van der Waals surface area contributed by atoms with Gasteiger partial charge in [0.1, 0.15) is 12.4 Å². The van der Waals surface area contributed by atoms with Gasteiger partial charge in [0, 0.05) is 11.3 Å². The number of nitrogens with zero attached hydrogens (tertiary/aromatic N) is 1. The highest BCUT2D eigenvalue weighted by atomic mass is 16.5. The maximum Gasteiger partial charge on any atom is 0.335 e. The molecule has 0 aromatic heterocycles. The Labute approximate surface area is 227 Å². The zero-order chi connectivity index (χ0) is 27.0. The molecule has 0 aliphatic heterocycles. The largest absolute Gasteiger partial charge is 0.489 e. The number of carboxylic acids is 1. The van der Waals surface area contributed by atoms with Gasteiger partial charge < -0.3 is 14.7 Å². The zero-order valence-electron chi connectivity index (χ0n) is 21.2. The highest BCUT2D eigenvalue weighted by molar-refractivity contribution is 6.06. The molecule has 5 heteroatoms. The summed E-state index contributed by atoms with van der Waals surface area (Å²) >= 11 is 0. The zero-order valence-corrected chi connectivity index (χ0v) is 21.2. The molecule has 5 aromatic carbocycles. The molecule has 0 saturated heterocycles. The van der Waals surface area contributed by atoms with Gasteiger partial charge in [0.2, 0.25) is 0 Å². The number of carbonyl (C=O) groups excluding carboxylic acids is 1. The summed E-state index contributed by atoms with van der Waals surface area (Å²) in [6.07, 6.45) is 0. The molecule has 0 saturated carbocycles. The number of aromatic carboxylic acids is 1. The fraction of sp³-hybridized carbons (Fsp3) is 0.0588. The van der Waals surface area contributed by atoms with Crippen LogP contribution in [0.2, 0.25) is 0 Å². The average Bonchev–Trinajstić information content (AvgIpc) is 3.00. The molecule has 0 radical (unpaired) electrons. The minimum absolute atomic E-state index is 0.165. The van der Waals surface area contributed by atoms with E-state index in [0.717, 1.165) is 28.0 Å². The van der Waals surface area contributed by atoms with Crippen LogP contribution in [0.1, 0.15) is 31.8 Å². The molecule has 0 unspecified atom stereocenters. The smallest absolute Gasteiger partial charge is 0.335 e. The van der Waals surface area contributed by atoms with Crippen molar-refractivity contribution in [1.82, 2.24) is 0 Å². The molecule has 1 amide bonds. The van der Waals surface area contributed by atoms with Crippen molar-refractivity contribution in [3.63, 3.8) is 0 Å². The lowest BCUT2D eigenvalue weighted by atomic mass is 10.0. The lowest BCUT2D eigenvalue weighted by Crippen LogP contribution is -2.30. The van der Waals surface area contributed by atoms with E-state index >= 15 is 0 Å². The normalized spacial score (nSPS) is 10.6. The van der Waals surface area contributed by atoms with Crippen LogP contribution >= 0.6 is 0 Å². The van der Waals surface area contributed by atoms with Gasteiger partial charge in [-0.05, 0) is 70.8 Å². The van der Waals surface area contributed by atoms with Crippen molar-refractivity contribution in [3.05, 3.63) is 156 Å². The van der Waals surface area contributed by atoms with E-state index in [4.69, 9.17) is 4.74 Å². The number of hydrogen-bond acceptors (Lipinski definition) is 3. The summed E-state index contributed by atoms with van der Waals surface area (Å²) in [7, 11) is 0. The minimum Gasteiger partial charge on any atom is -0.489 e. The first-order valence-electron chi connectivity index (χ1n) is 12.6. The number of anilines is 1. The number of ether oxygens (including phenoxy) is 1. The third-order valence-corrected chi connectivity index (χ3v) is 6.42. The summed E-state index contributed by atoms with van der Waals surface area (Å²) in [5.41, 5.74) is 5.42. The number of carboxylic acid groups (broad SMARTS) is 1. The van der Waals surface area contributed by atoms with Gasteiger partial charge in [0.25, 0.3) is 5.91 Å². The summed E-state index contributed by atoms with van der Waals surface area (Å²) < 4.78 is 5.90. The van der Waals surface area contributed by atoms with Gasteiger partial charge in [0.05, 0.1) is 12.1 Å². The Morgan fingerprint density at radius 3 is 1.77 bits per heavy atom. The van der Waals surface area contributed by atoms with Crippen molar-refractivity contribution in [1.29, 1.82) is 0 Å². The molecule has 0 aliphatic carbocycles. The quantitative estimate of drug-likeness (QED) is 0.222. The molecular weight excluding hydrogens is 486 g/mol. The third-order valence-electron chi connectivity index (χ3n) is 6.42. The first-order chi connectivity index (χ1) is 19.1. The minimum atomic E-state index is -1.01. The summed E-state index contributed by atoms with van der Waals surface area (Å²) in [6.45, 7) is 0.782. The van der Waals surface area contributed by atoms with Crippen LogP contribution in [0.5, 0.6) is 5.75 Å². The topological polar surface area (TPSA) is 66.8 Å². The predicted octanol–water partition coefficient (Wildman–Crippen LogP) is 7.48. The van der Waals surface area contributed by atoms with E-state index in [0.29, 0.717) is 24.4 Å². The second-order valence-electron chi connectivity index (χ2n) is 9.10. The van der Waals surface area contributed by atoms with Gasteiger partial charge in [-0.25, -0.2) is 4.79 Å². The van der Waals surface area contributed by atoms with E-state index < -0.39 is 5.97 Å². The number of rotatable bonds is 9. The van der Waals surface area contributed by atoms with Crippen LogP contribution in [-0.4, -0.2) is 17.0 Å². The maximum atomic E-state index is 13.7. The Kier molecular flexibility index (Phi) is 7.79. The molecule has 0 spiro atoms. The molecule has 39 heavy (non-hydrogen) atoms. The van der Waals surface area contributed by atoms with Crippen LogP contribution in [-0.2, 0) is 13.2 Å². The van der Waals surface area contributed by atoms with Gasteiger partial charge >= 0.3 is 5.97 Å². The molecule has 0 aliphatic rings. The third kappa shape index (κ3) is 6.40. The summed E-state index contributed by atoms with van der Waals surface area (Å²) in [4.78, 5) is 26.7. The second-order valence-corrected chi connectivity index (χ2v) is 9.10. The van der Waals surface area contributed by atoms with Gasteiger partial charge in [-0.2, -0.15) is 0 Å². The number of amides is 1. The molecule has 192 valence electrons. The van der Waals surface area contributed by atoms with Gasteiger partial charge in [-0.15, -0.1) is 0 Å². The van der Waals surface area contributed by atoms with E-state index in [-0.39, 0.29) is 11.5 Å². The standard InChI is InChI=1S/C34H27NO4/c36-33(29-15-13-28(14-16-29)27-9-5-2-6-10-27)35(31-19-17-30(18-20-31)34(37)38)23-25-11-21-32(22-12-25)39-24-26-7-3-1-4-8-26/h1-22H,23-24H2,(H,37,38). The van der Waals surface area contributed by atoms with Gasteiger partial charge in [-0.1, -0.05) is 84.9 Å². The van der Waals surface area contributed by atoms with Crippen molar-refractivity contribution < 1.29 is 19.4 Å². The van der Waals surface area contributed by atoms with Crippen molar-refractivity contribution in [2.24, 2.45) is 0 Å². The van der Waals surface area contributed by atoms with Crippen molar-refractivity contribution in [2.75, 3.05) is 4.90 Å². The maximum absolute atomic E-state index is 13.7. The fourth-order valence-electron chi connectivity index (χ4n) is 4.27. The highest BCUT2D eigenvalue weighted by Crippen LogP contribution is 2.25. The first kappa shape index (κ1) is 25.5. The van der Waals surface area contributed by atoms with Crippen LogP contribution in [0.15, 0.2) is 133 Å². The lowest BCUT2D eigenvalue weighted by molar-refractivity contribution is 0.0696. The number of benzene rings is 5. The van der Waals surface area contributed by atoms with Gasteiger partial charge in [-0.3, -0.25) is 4.79 Å². The van der Waals surface area contributed by atoms with E-state index in [1.165, 1.54) is 12.1 Å². The highest BCUT2D eigenvalue weighted by Gasteiger charge is 2.19. The summed E-state index contributed by atoms with van der Waals surface area (Å²) in [5.74, 6) is -0.452. The van der Waals surface area contributed by atoms with Crippen molar-refractivity contribution in [2.45, 2.75) is 13.2 Å². The molecule has 0 fully saturated rings. The Morgan fingerprint density at radius 2 is 1.15 bits per heavy atom. The van der Waals surface area contributed by atoms with E-state index in [2.05, 4.69) is 0 Å². The monoisotopic (exact) mass is 513 g/mol. The molecule has 5 nitrogen and oxygen atoms in total. The van der Waals surface area contributed by atoms with E-state index in [9.17, 15) is 14.7 Å². The SMILES string of the molecule is O=C(O)c1ccc(N(Cc2ccc(OCc3ccccc3)cc2)C(=O)c2ccc(-c3ccccc3)cc2)cc1. The number of hydrogen-bond donors (Lipinski definition) is 1. The van der Waals surface area contributed by atoms with Crippen LogP contribution < -0.4 is 9.64 Å². The van der Waals surface area contributed by atoms with Gasteiger partial charge in [0.15, 0.2) is 0 Å². The molecule has 5 rings (SSSR count). The molecule has 5 aromatic rings. The van der Waals surface area contributed by atoms with Crippen LogP contribution in [0, 0.1) is 0 Å². The lowest BCUT2D eigenvalue weighted by Gasteiger charge is -2.24. The molecule has 1 N–H and O–H groups in total. The number of carbonyl (C=O) groups is 2. The molecule has 0 heterocycles. The fourth-order valence-corrected chi connectivity index (χ4v) is 4.27. The molecule has 0 atom stereocenters. The van der Waals surface area contributed by atoms with E-state index in [1.54, 1.807) is 17.0 Å². The molecule has 0 bridgehead atoms. The summed E-state index contributed by atoms with van der Waals surface area (Å²) in [5, 5.41) is 9.31. The average molecular weight is 514 g/mol. The van der Waals surface area contributed by atoms with Crippen molar-refractivity contribution in [3.8, 4) is 16.9 Å². The van der Waals surface area contributed by atoms with Crippen LogP contribution in [0.25, 0.3) is 11.1 Å². The second kappa shape index (κ2) is 11.9. The Morgan fingerprint density at radius 1 is 0.590 bits per heavy atom. The van der Waals surface area contributed by atoms with E-state index in [1.807, 2.05) is 109 Å².